The lowest BCUT2D eigenvalue weighted by atomic mass is 10.0. The topological polar surface area (TPSA) is 53.0 Å². The zero-order valence-electron chi connectivity index (χ0n) is 17.1. The second-order valence-electron chi connectivity index (χ2n) is 8.00. The summed E-state index contributed by atoms with van der Waals surface area (Å²) in [5, 5.41) is 10.6. The van der Waals surface area contributed by atoms with E-state index in [9.17, 15) is 9.90 Å². The highest BCUT2D eigenvalue weighted by Crippen LogP contribution is 2.30. The van der Waals surface area contributed by atoms with Crippen molar-refractivity contribution in [2.45, 2.75) is 31.1 Å². The Bertz CT molecular complexity index is 918. The van der Waals surface area contributed by atoms with E-state index in [1.807, 2.05) is 61.7 Å². The fourth-order valence-corrected chi connectivity index (χ4v) is 4.34. The molecule has 1 amide bonds. The van der Waals surface area contributed by atoms with Crippen molar-refractivity contribution in [3.63, 3.8) is 0 Å². The Balaban J connectivity index is 1.54. The maximum absolute atomic E-state index is 13.5. The minimum absolute atomic E-state index is 0.0592. The van der Waals surface area contributed by atoms with Crippen LogP contribution in [0.5, 0.6) is 5.75 Å². The number of hydrogen-bond acceptors (Lipinski definition) is 4. The smallest absolute Gasteiger partial charge is 0.264 e. The predicted octanol–water partition coefficient (Wildman–Crippen LogP) is 3.77. The Morgan fingerprint density at radius 3 is 2.83 bits per heavy atom. The minimum atomic E-state index is -0.593. The molecular formula is C24H27ClN2O3. The third-order valence-corrected chi connectivity index (χ3v) is 6.08. The molecule has 1 saturated heterocycles. The van der Waals surface area contributed by atoms with Crippen LogP contribution in [0.25, 0.3) is 6.08 Å². The molecule has 6 heteroatoms. The maximum atomic E-state index is 13.5. The number of amides is 1. The molecule has 0 saturated carbocycles. The normalized spacial score (nSPS) is 22.1. The van der Waals surface area contributed by atoms with Crippen LogP contribution in [0.4, 0.5) is 0 Å². The van der Waals surface area contributed by atoms with Crippen LogP contribution in [0, 0.1) is 0 Å². The summed E-state index contributed by atoms with van der Waals surface area (Å²) in [6.45, 7) is 2.16. The van der Waals surface area contributed by atoms with Crippen molar-refractivity contribution in [2.75, 3.05) is 26.7 Å². The number of likely N-dealkylation sites (N-methyl/N-ethyl adjacent to an activating group) is 1. The molecule has 1 unspecified atom stereocenters. The lowest BCUT2D eigenvalue weighted by molar-refractivity contribution is -0.139. The average Bonchev–Trinajstić information content (AvgIpc) is 3.05. The number of β-amino-alcohol motifs (C(OH)–C–C–N with tert-alkyl or cyclic N) is 1. The number of benzene rings is 2. The summed E-state index contributed by atoms with van der Waals surface area (Å²) >= 11 is 6.09. The number of aliphatic hydroxyl groups is 1. The van der Waals surface area contributed by atoms with E-state index in [0.29, 0.717) is 30.3 Å². The van der Waals surface area contributed by atoms with E-state index in [1.54, 1.807) is 11.0 Å². The van der Waals surface area contributed by atoms with E-state index in [-0.39, 0.29) is 18.1 Å². The number of hydrogen-bond donors (Lipinski definition) is 1. The van der Waals surface area contributed by atoms with Crippen molar-refractivity contribution >= 4 is 23.6 Å². The lowest BCUT2D eigenvalue weighted by Gasteiger charge is -2.34. The number of rotatable bonds is 5. The third-order valence-electron chi connectivity index (χ3n) is 5.84. The first-order valence-corrected chi connectivity index (χ1v) is 10.7. The molecule has 0 aromatic heterocycles. The van der Waals surface area contributed by atoms with Gasteiger partial charge in [-0.2, -0.15) is 0 Å². The van der Waals surface area contributed by atoms with Crippen molar-refractivity contribution in [3.05, 3.63) is 70.8 Å². The molecule has 0 bridgehead atoms. The van der Waals surface area contributed by atoms with Gasteiger partial charge in [-0.25, -0.2) is 0 Å². The van der Waals surface area contributed by atoms with Gasteiger partial charge in [-0.3, -0.25) is 9.69 Å². The van der Waals surface area contributed by atoms with Gasteiger partial charge in [0.05, 0.1) is 12.1 Å². The van der Waals surface area contributed by atoms with Gasteiger partial charge in [-0.15, -0.1) is 0 Å². The molecule has 1 N–H and O–H groups in total. The highest BCUT2D eigenvalue weighted by molar-refractivity contribution is 6.30. The standard InChI is InChI=1S/C24H27ClN2O3/c1-26(21(17-6-3-2-4-7-17)16-27-13-12-20(28)15-27)24(29)23-9-5-8-18-14-19(25)10-11-22(18)30-23/h2-8,10-11,14,20-21,23,28H,9,12-13,15-16H2,1H3/t20-,21+,23?/m0/s1. The second-order valence-corrected chi connectivity index (χ2v) is 8.44. The van der Waals surface area contributed by atoms with Gasteiger partial charge in [0.15, 0.2) is 6.10 Å². The fourth-order valence-electron chi connectivity index (χ4n) is 4.16. The number of halogens is 1. The highest BCUT2D eigenvalue weighted by Gasteiger charge is 2.32. The molecular weight excluding hydrogens is 400 g/mol. The molecule has 158 valence electrons. The molecule has 2 aliphatic heterocycles. The predicted molar refractivity (Wildman–Crippen MR) is 119 cm³/mol. The number of likely N-dealkylation sites (tertiary alicyclic amines) is 1. The number of ether oxygens (including phenoxy) is 1. The Morgan fingerprint density at radius 1 is 1.30 bits per heavy atom. The van der Waals surface area contributed by atoms with Crippen LogP contribution < -0.4 is 4.74 Å². The van der Waals surface area contributed by atoms with Crippen LogP contribution in [0.3, 0.4) is 0 Å². The van der Waals surface area contributed by atoms with E-state index in [2.05, 4.69) is 4.90 Å². The van der Waals surface area contributed by atoms with Gasteiger partial charge in [0, 0.05) is 43.7 Å². The maximum Gasteiger partial charge on any atom is 0.264 e. The largest absolute Gasteiger partial charge is 0.480 e. The van der Waals surface area contributed by atoms with E-state index in [4.69, 9.17) is 16.3 Å². The third kappa shape index (κ3) is 4.69. The summed E-state index contributed by atoms with van der Waals surface area (Å²) in [7, 11) is 1.84. The molecule has 30 heavy (non-hydrogen) atoms. The minimum Gasteiger partial charge on any atom is -0.480 e. The van der Waals surface area contributed by atoms with Crippen molar-refractivity contribution < 1.29 is 14.6 Å². The van der Waals surface area contributed by atoms with E-state index in [0.717, 1.165) is 24.1 Å². The Kier molecular flexibility index (Phi) is 6.42. The summed E-state index contributed by atoms with van der Waals surface area (Å²) in [5.41, 5.74) is 1.96. The SMILES string of the molecule is CN(C(=O)C1CC=Cc2cc(Cl)ccc2O1)[C@H](CN1CC[C@H](O)C1)c1ccccc1. The second kappa shape index (κ2) is 9.21. The van der Waals surface area contributed by atoms with Crippen LogP contribution in [-0.4, -0.2) is 59.7 Å². The monoisotopic (exact) mass is 426 g/mol. The molecule has 3 atom stereocenters. The van der Waals surface area contributed by atoms with Crippen molar-refractivity contribution in [2.24, 2.45) is 0 Å². The van der Waals surface area contributed by atoms with Crippen molar-refractivity contribution in [1.82, 2.24) is 9.80 Å². The fraction of sp³-hybridized carbons (Fsp3) is 0.375. The first-order valence-electron chi connectivity index (χ1n) is 10.4. The molecule has 5 nitrogen and oxygen atoms in total. The quantitative estimate of drug-likeness (QED) is 0.790. The van der Waals surface area contributed by atoms with Crippen LogP contribution in [0.1, 0.15) is 30.0 Å². The van der Waals surface area contributed by atoms with Crippen LogP contribution >= 0.6 is 11.6 Å². The number of aliphatic hydroxyl groups excluding tert-OH is 1. The first-order chi connectivity index (χ1) is 14.5. The summed E-state index contributed by atoms with van der Waals surface area (Å²) < 4.78 is 6.10. The molecule has 2 aromatic rings. The molecule has 1 fully saturated rings. The van der Waals surface area contributed by atoms with Gasteiger partial charge >= 0.3 is 0 Å². The van der Waals surface area contributed by atoms with Gasteiger partial charge in [0.1, 0.15) is 5.75 Å². The Morgan fingerprint density at radius 2 is 2.10 bits per heavy atom. The van der Waals surface area contributed by atoms with Gasteiger partial charge in [0.25, 0.3) is 5.91 Å². The van der Waals surface area contributed by atoms with Crippen molar-refractivity contribution in [1.29, 1.82) is 0 Å². The summed E-state index contributed by atoms with van der Waals surface area (Å²) in [5.74, 6) is 0.606. The summed E-state index contributed by atoms with van der Waals surface area (Å²) in [4.78, 5) is 17.5. The zero-order valence-corrected chi connectivity index (χ0v) is 17.8. The van der Waals surface area contributed by atoms with Gasteiger partial charge < -0.3 is 14.7 Å². The van der Waals surface area contributed by atoms with E-state index in [1.165, 1.54) is 0 Å². The van der Waals surface area contributed by atoms with Crippen LogP contribution in [-0.2, 0) is 4.79 Å². The molecule has 4 rings (SSSR count). The van der Waals surface area contributed by atoms with E-state index >= 15 is 0 Å². The average molecular weight is 427 g/mol. The lowest BCUT2D eigenvalue weighted by Crippen LogP contribution is -2.44. The first kappa shape index (κ1) is 20.9. The van der Waals surface area contributed by atoms with E-state index < -0.39 is 6.10 Å². The number of fused-ring (bicyclic) bond motifs is 1. The summed E-state index contributed by atoms with van der Waals surface area (Å²) in [6, 6.07) is 15.4. The van der Waals surface area contributed by atoms with Crippen LogP contribution in [0.2, 0.25) is 5.02 Å². The van der Waals surface area contributed by atoms with Gasteiger partial charge in [-0.05, 0) is 30.2 Å². The highest BCUT2D eigenvalue weighted by atomic mass is 35.5. The van der Waals surface area contributed by atoms with Crippen molar-refractivity contribution in [3.8, 4) is 5.75 Å². The molecule has 0 aliphatic carbocycles. The molecule has 2 aliphatic rings. The number of nitrogens with zero attached hydrogens (tertiary/aromatic N) is 2. The summed E-state index contributed by atoms with van der Waals surface area (Å²) in [6.07, 6.45) is 4.31. The zero-order chi connectivity index (χ0) is 21.1. The number of carbonyl (C=O) groups is 1. The number of carbonyl (C=O) groups excluding carboxylic acids is 1. The molecule has 0 radical (unpaired) electrons. The van der Waals surface area contributed by atoms with Gasteiger partial charge in [-0.1, -0.05) is 54.1 Å². The molecule has 2 aromatic carbocycles. The Hall–Kier alpha value is -2.34. The molecule has 2 heterocycles. The van der Waals surface area contributed by atoms with Gasteiger partial charge in [0.2, 0.25) is 0 Å². The van der Waals surface area contributed by atoms with Crippen LogP contribution in [0.15, 0.2) is 54.6 Å². The Labute approximate surface area is 182 Å². The molecule has 0 spiro atoms.